The van der Waals surface area contributed by atoms with Crippen molar-refractivity contribution in [2.24, 2.45) is 0 Å². The van der Waals surface area contributed by atoms with Crippen molar-refractivity contribution in [2.45, 2.75) is 13.3 Å². The van der Waals surface area contributed by atoms with Gasteiger partial charge in [0.2, 0.25) is 0 Å². The summed E-state index contributed by atoms with van der Waals surface area (Å²) in [6.45, 7) is 4.96. The van der Waals surface area contributed by atoms with E-state index < -0.39 is 28.6 Å². The molecule has 116 valence electrons. The Kier molecular flexibility index (Phi) is 4.22. The summed E-state index contributed by atoms with van der Waals surface area (Å²) in [5.41, 5.74) is -0.744. The van der Waals surface area contributed by atoms with Crippen molar-refractivity contribution in [3.8, 4) is 0 Å². The minimum atomic E-state index is -0.696. The molecule has 22 heavy (non-hydrogen) atoms. The summed E-state index contributed by atoms with van der Waals surface area (Å²) in [7, 11) is 0. The molecule has 2 rings (SSSR count). The van der Waals surface area contributed by atoms with Crippen molar-refractivity contribution < 1.29 is 19.6 Å². The van der Waals surface area contributed by atoms with E-state index in [0.29, 0.717) is 11.3 Å². The monoisotopic (exact) mass is 325 g/mol. The summed E-state index contributed by atoms with van der Waals surface area (Å²) in [6.07, 6.45) is -0.408. The van der Waals surface area contributed by atoms with Gasteiger partial charge >= 0.3 is 11.0 Å². The SMILES string of the molecule is C=C(O)c1nc2sc([N+](=O)[O-])c(CC(=O)OCC)c2c(=O)[nH]1. The molecule has 9 nitrogen and oxygen atoms in total. The van der Waals surface area contributed by atoms with Crippen LogP contribution in [0.2, 0.25) is 0 Å². The number of nitrogens with one attached hydrogen (secondary N) is 1. The minimum absolute atomic E-state index is 0.0416. The molecule has 0 aliphatic heterocycles. The Balaban J connectivity index is 2.69. The molecule has 0 saturated heterocycles. The highest BCUT2D eigenvalue weighted by Gasteiger charge is 2.27. The van der Waals surface area contributed by atoms with Crippen molar-refractivity contribution in [1.29, 1.82) is 0 Å². The first kappa shape index (κ1) is 15.6. The molecule has 0 saturated carbocycles. The third-order valence-electron chi connectivity index (χ3n) is 2.71. The van der Waals surface area contributed by atoms with E-state index in [-0.39, 0.29) is 33.2 Å². The highest BCUT2D eigenvalue weighted by atomic mass is 32.1. The van der Waals surface area contributed by atoms with Crippen molar-refractivity contribution >= 4 is 38.3 Å². The molecule has 0 unspecified atom stereocenters. The fourth-order valence-electron chi connectivity index (χ4n) is 1.86. The van der Waals surface area contributed by atoms with E-state index >= 15 is 0 Å². The molecule has 0 aliphatic carbocycles. The number of aliphatic hydroxyl groups excluding tert-OH is 1. The van der Waals surface area contributed by atoms with E-state index in [0.717, 1.165) is 0 Å². The van der Waals surface area contributed by atoms with Crippen molar-refractivity contribution in [3.05, 3.63) is 38.4 Å². The average molecular weight is 325 g/mol. The second kappa shape index (κ2) is 5.93. The molecule has 2 heterocycles. The van der Waals surface area contributed by atoms with Crippen LogP contribution in [0.4, 0.5) is 5.00 Å². The van der Waals surface area contributed by atoms with E-state index in [1.54, 1.807) is 6.92 Å². The molecule has 0 bridgehead atoms. The van der Waals surface area contributed by atoms with Crippen molar-refractivity contribution in [2.75, 3.05) is 6.61 Å². The number of ether oxygens (including phenoxy) is 1. The van der Waals surface area contributed by atoms with Crippen LogP contribution in [0.3, 0.4) is 0 Å². The van der Waals surface area contributed by atoms with E-state index in [1.165, 1.54) is 0 Å². The number of carbonyl (C=O) groups is 1. The van der Waals surface area contributed by atoms with Gasteiger partial charge in [-0.2, -0.15) is 0 Å². The van der Waals surface area contributed by atoms with Gasteiger partial charge in [0.15, 0.2) is 11.6 Å². The highest BCUT2D eigenvalue weighted by Crippen LogP contribution is 2.35. The number of rotatable bonds is 5. The Morgan fingerprint density at radius 2 is 2.27 bits per heavy atom. The van der Waals surface area contributed by atoms with Crippen LogP contribution in [-0.2, 0) is 16.0 Å². The highest BCUT2D eigenvalue weighted by molar-refractivity contribution is 7.21. The lowest BCUT2D eigenvalue weighted by molar-refractivity contribution is -0.380. The Morgan fingerprint density at radius 3 is 2.82 bits per heavy atom. The summed E-state index contributed by atoms with van der Waals surface area (Å²) in [5, 5.41) is 20.0. The molecule has 0 aromatic carbocycles. The van der Waals surface area contributed by atoms with Gasteiger partial charge in [0.25, 0.3) is 5.56 Å². The van der Waals surface area contributed by atoms with Gasteiger partial charge < -0.3 is 14.8 Å². The number of hydrogen-bond acceptors (Lipinski definition) is 8. The normalized spacial score (nSPS) is 10.6. The van der Waals surface area contributed by atoms with Gasteiger partial charge in [0.1, 0.15) is 4.83 Å². The third-order valence-corrected chi connectivity index (χ3v) is 3.78. The number of hydrogen-bond donors (Lipinski definition) is 2. The smallest absolute Gasteiger partial charge is 0.330 e. The number of H-pyrrole nitrogens is 1. The van der Waals surface area contributed by atoms with Gasteiger partial charge in [-0.15, -0.1) is 0 Å². The Labute approximate surface area is 127 Å². The van der Waals surface area contributed by atoms with Gasteiger partial charge in [-0.3, -0.25) is 19.7 Å². The van der Waals surface area contributed by atoms with Gasteiger partial charge in [-0.05, 0) is 18.3 Å². The van der Waals surface area contributed by atoms with Crippen LogP contribution in [0, 0.1) is 10.1 Å². The first-order valence-corrected chi connectivity index (χ1v) is 6.90. The van der Waals surface area contributed by atoms with Gasteiger partial charge in [-0.1, -0.05) is 6.58 Å². The molecule has 0 amide bonds. The molecule has 0 fully saturated rings. The maximum absolute atomic E-state index is 12.1. The zero-order valence-corrected chi connectivity index (χ0v) is 12.2. The van der Waals surface area contributed by atoms with Crippen LogP contribution in [0.1, 0.15) is 18.3 Å². The number of nitro groups is 1. The molecular weight excluding hydrogens is 314 g/mol. The Hall–Kier alpha value is -2.75. The topological polar surface area (TPSA) is 135 Å². The standard InChI is InChI=1S/C12H11N3O6S/c1-3-21-7(17)4-6-8-10(18)13-9(5(2)16)14-11(8)22-12(6)15(19)20/h16H,2-4H2,1H3,(H,13,14,18). The molecule has 0 atom stereocenters. The zero-order valence-electron chi connectivity index (χ0n) is 11.4. The number of aromatic amines is 1. The number of esters is 1. The number of carbonyl (C=O) groups excluding carboxylic acids is 1. The molecule has 2 aromatic heterocycles. The lowest BCUT2D eigenvalue weighted by Gasteiger charge is -2.01. The summed E-state index contributed by atoms with van der Waals surface area (Å²) in [5.74, 6) is -1.33. The predicted octanol–water partition coefficient (Wildman–Crippen LogP) is 1.53. The maximum Gasteiger partial charge on any atom is 0.330 e. The first-order chi connectivity index (χ1) is 10.3. The minimum Gasteiger partial charge on any atom is -0.505 e. The van der Waals surface area contributed by atoms with Crippen LogP contribution in [-0.4, -0.2) is 32.6 Å². The summed E-state index contributed by atoms with van der Waals surface area (Å²) >= 11 is 0.648. The molecule has 0 aliphatic rings. The van der Waals surface area contributed by atoms with Crippen LogP contribution in [0.5, 0.6) is 0 Å². The third kappa shape index (κ3) is 2.81. The first-order valence-electron chi connectivity index (χ1n) is 6.09. The maximum atomic E-state index is 12.1. The molecule has 0 spiro atoms. The number of nitrogens with zero attached hydrogens (tertiary/aromatic N) is 2. The van der Waals surface area contributed by atoms with E-state index in [1.807, 2.05) is 0 Å². The summed E-state index contributed by atoms with van der Waals surface area (Å²) in [4.78, 5) is 40.3. The summed E-state index contributed by atoms with van der Waals surface area (Å²) in [6, 6.07) is 0. The molecular formula is C12H11N3O6S. The average Bonchev–Trinajstić information content (AvgIpc) is 2.78. The summed E-state index contributed by atoms with van der Waals surface area (Å²) < 4.78 is 4.76. The lowest BCUT2D eigenvalue weighted by Crippen LogP contribution is -2.14. The van der Waals surface area contributed by atoms with Gasteiger partial charge in [-0.25, -0.2) is 4.98 Å². The fraction of sp³-hybridized carbons (Fsp3) is 0.250. The molecule has 10 heteroatoms. The van der Waals surface area contributed by atoms with E-state index in [4.69, 9.17) is 4.74 Å². The Bertz CT molecular complexity index is 837. The lowest BCUT2D eigenvalue weighted by atomic mass is 10.1. The van der Waals surface area contributed by atoms with Crippen LogP contribution < -0.4 is 5.56 Å². The molecule has 2 N–H and O–H groups in total. The van der Waals surface area contributed by atoms with Crippen LogP contribution in [0.15, 0.2) is 11.4 Å². The Morgan fingerprint density at radius 1 is 1.59 bits per heavy atom. The number of thiophene rings is 1. The predicted molar refractivity (Wildman–Crippen MR) is 78.9 cm³/mol. The number of aliphatic hydroxyl groups is 1. The van der Waals surface area contributed by atoms with E-state index in [2.05, 4.69) is 16.5 Å². The zero-order chi connectivity index (χ0) is 16.4. The van der Waals surface area contributed by atoms with Crippen LogP contribution >= 0.6 is 11.3 Å². The van der Waals surface area contributed by atoms with Gasteiger partial charge in [0.05, 0.1) is 28.9 Å². The second-order valence-corrected chi connectivity index (χ2v) is 5.14. The number of aromatic nitrogens is 2. The largest absolute Gasteiger partial charge is 0.505 e. The van der Waals surface area contributed by atoms with Crippen molar-refractivity contribution in [3.63, 3.8) is 0 Å². The van der Waals surface area contributed by atoms with Crippen LogP contribution in [0.25, 0.3) is 16.0 Å². The second-order valence-electron chi connectivity index (χ2n) is 4.17. The number of fused-ring (bicyclic) bond motifs is 1. The molecule has 2 aromatic rings. The quantitative estimate of drug-likeness (QED) is 0.368. The fourth-order valence-corrected chi connectivity index (χ4v) is 2.87. The molecule has 0 radical (unpaired) electrons. The van der Waals surface area contributed by atoms with Crippen molar-refractivity contribution in [1.82, 2.24) is 9.97 Å². The van der Waals surface area contributed by atoms with Gasteiger partial charge in [0, 0.05) is 0 Å². The van der Waals surface area contributed by atoms with E-state index in [9.17, 15) is 24.8 Å².